The molecular weight excluding hydrogens is 294 g/mol. The highest BCUT2D eigenvalue weighted by Gasteiger charge is 2.42. The Bertz CT molecular complexity index is 284. The molecule has 1 aliphatic carbocycles. The fourth-order valence-electron chi connectivity index (χ4n) is 3.19. The number of halogens is 1. The molecule has 0 aromatic rings. The van der Waals surface area contributed by atoms with Gasteiger partial charge in [0, 0.05) is 24.5 Å². The minimum absolute atomic E-state index is 0.214. The van der Waals surface area contributed by atoms with Crippen LogP contribution in [-0.2, 0) is 9.53 Å². The van der Waals surface area contributed by atoms with Gasteiger partial charge in [-0.1, -0.05) is 35.2 Å². The maximum Gasteiger partial charge on any atom is 0.254 e. The molecule has 1 atom stereocenters. The second kappa shape index (κ2) is 6.38. The zero-order valence-corrected chi connectivity index (χ0v) is 12.9. The Morgan fingerprint density at radius 3 is 2.61 bits per heavy atom. The van der Waals surface area contributed by atoms with Gasteiger partial charge in [0.05, 0.1) is 0 Å². The van der Waals surface area contributed by atoms with Crippen molar-refractivity contribution in [1.29, 1.82) is 0 Å². The SMILES string of the molecule is CC1(C(=O)N(CCBr)C2CCCCC2)CCCO1. The maximum atomic E-state index is 12.7. The molecule has 0 radical (unpaired) electrons. The molecule has 0 bridgehead atoms. The molecule has 1 heterocycles. The molecule has 0 aromatic carbocycles. The molecule has 18 heavy (non-hydrogen) atoms. The summed E-state index contributed by atoms with van der Waals surface area (Å²) in [6.07, 6.45) is 8.04. The van der Waals surface area contributed by atoms with Crippen LogP contribution in [0.4, 0.5) is 0 Å². The summed E-state index contributed by atoms with van der Waals surface area (Å²) in [5, 5.41) is 0.852. The van der Waals surface area contributed by atoms with E-state index in [0.29, 0.717) is 6.04 Å². The number of hydrogen-bond acceptors (Lipinski definition) is 2. The Morgan fingerprint density at radius 1 is 1.33 bits per heavy atom. The predicted molar refractivity (Wildman–Crippen MR) is 76.0 cm³/mol. The third-order valence-electron chi connectivity index (χ3n) is 4.27. The van der Waals surface area contributed by atoms with Crippen LogP contribution in [0.15, 0.2) is 0 Å². The van der Waals surface area contributed by atoms with E-state index in [9.17, 15) is 4.79 Å². The second-order valence-corrected chi connectivity index (χ2v) is 6.46. The highest BCUT2D eigenvalue weighted by Crippen LogP contribution is 2.31. The Hall–Kier alpha value is -0.0900. The predicted octanol–water partition coefficient (Wildman–Crippen LogP) is 3.11. The minimum atomic E-state index is -0.556. The third-order valence-corrected chi connectivity index (χ3v) is 4.63. The number of carbonyl (C=O) groups is 1. The van der Waals surface area contributed by atoms with Crippen molar-refractivity contribution in [2.24, 2.45) is 0 Å². The van der Waals surface area contributed by atoms with Gasteiger partial charge in [-0.05, 0) is 32.6 Å². The molecule has 1 aliphatic heterocycles. The van der Waals surface area contributed by atoms with Crippen LogP contribution >= 0.6 is 15.9 Å². The number of alkyl halides is 1. The van der Waals surface area contributed by atoms with E-state index in [1.165, 1.54) is 19.3 Å². The van der Waals surface area contributed by atoms with Gasteiger partial charge < -0.3 is 9.64 Å². The van der Waals surface area contributed by atoms with Gasteiger partial charge in [0.1, 0.15) is 5.60 Å². The molecule has 1 saturated heterocycles. The maximum absolute atomic E-state index is 12.7. The van der Waals surface area contributed by atoms with Gasteiger partial charge in [-0.15, -0.1) is 0 Å². The van der Waals surface area contributed by atoms with Crippen LogP contribution in [0.25, 0.3) is 0 Å². The van der Waals surface area contributed by atoms with Gasteiger partial charge in [0.25, 0.3) is 5.91 Å². The van der Waals surface area contributed by atoms with Crippen LogP contribution in [0.3, 0.4) is 0 Å². The van der Waals surface area contributed by atoms with Crippen LogP contribution in [0.5, 0.6) is 0 Å². The molecular formula is C14H24BrNO2. The van der Waals surface area contributed by atoms with Crippen molar-refractivity contribution in [3.8, 4) is 0 Å². The molecule has 3 nitrogen and oxygen atoms in total. The average Bonchev–Trinajstić information content (AvgIpc) is 2.84. The van der Waals surface area contributed by atoms with E-state index >= 15 is 0 Å². The minimum Gasteiger partial charge on any atom is -0.365 e. The van der Waals surface area contributed by atoms with Gasteiger partial charge in [0.15, 0.2) is 0 Å². The molecule has 1 amide bonds. The molecule has 104 valence electrons. The quantitative estimate of drug-likeness (QED) is 0.746. The molecule has 0 aromatic heterocycles. The van der Waals surface area contributed by atoms with Crippen molar-refractivity contribution in [3.63, 3.8) is 0 Å². The fraction of sp³-hybridized carbons (Fsp3) is 0.929. The first-order valence-corrected chi connectivity index (χ1v) is 8.30. The topological polar surface area (TPSA) is 29.5 Å². The lowest BCUT2D eigenvalue weighted by molar-refractivity contribution is -0.153. The van der Waals surface area contributed by atoms with E-state index < -0.39 is 5.60 Å². The second-order valence-electron chi connectivity index (χ2n) is 5.66. The summed E-state index contributed by atoms with van der Waals surface area (Å²) in [6, 6.07) is 0.435. The number of amides is 1. The average molecular weight is 318 g/mol. The number of rotatable bonds is 4. The summed E-state index contributed by atoms with van der Waals surface area (Å²) in [5.41, 5.74) is -0.556. The van der Waals surface area contributed by atoms with E-state index in [-0.39, 0.29) is 5.91 Å². The highest BCUT2D eigenvalue weighted by molar-refractivity contribution is 9.09. The van der Waals surface area contributed by atoms with Crippen LogP contribution in [0, 0.1) is 0 Å². The number of ether oxygens (including phenoxy) is 1. The summed E-state index contributed by atoms with van der Waals surface area (Å²) in [4.78, 5) is 14.8. The van der Waals surface area contributed by atoms with E-state index in [0.717, 1.165) is 44.2 Å². The van der Waals surface area contributed by atoms with Crippen LogP contribution in [-0.4, -0.2) is 40.9 Å². The van der Waals surface area contributed by atoms with Crippen molar-refractivity contribution >= 4 is 21.8 Å². The monoisotopic (exact) mass is 317 g/mol. The van der Waals surface area contributed by atoms with E-state index in [4.69, 9.17) is 4.74 Å². The number of hydrogen-bond donors (Lipinski definition) is 0. The first kappa shape index (κ1) is 14.3. The Morgan fingerprint density at radius 2 is 2.06 bits per heavy atom. The summed E-state index contributed by atoms with van der Waals surface area (Å²) in [7, 11) is 0. The lowest BCUT2D eigenvalue weighted by atomic mass is 9.92. The summed E-state index contributed by atoms with van der Waals surface area (Å²) < 4.78 is 5.71. The molecule has 2 fully saturated rings. The van der Waals surface area contributed by atoms with Gasteiger partial charge in [-0.25, -0.2) is 0 Å². The number of nitrogens with zero attached hydrogens (tertiary/aromatic N) is 1. The molecule has 0 N–H and O–H groups in total. The molecule has 1 saturated carbocycles. The molecule has 1 unspecified atom stereocenters. The highest BCUT2D eigenvalue weighted by atomic mass is 79.9. The van der Waals surface area contributed by atoms with Gasteiger partial charge in [0.2, 0.25) is 0 Å². The Labute approximate surface area is 118 Å². The fourth-order valence-corrected chi connectivity index (χ4v) is 3.57. The first-order valence-electron chi connectivity index (χ1n) is 7.18. The van der Waals surface area contributed by atoms with Crippen LogP contribution < -0.4 is 0 Å². The third kappa shape index (κ3) is 3.08. The molecule has 2 aliphatic rings. The van der Waals surface area contributed by atoms with Gasteiger partial charge >= 0.3 is 0 Å². The lowest BCUT2D eigenvalue weighted by Crippen LogP contribution is -2.52. The van der Waals surface area contributed by atoms with Crippen molar-refractivity contribution in [2.75, 3.05) is 18.5 Å². The van der Waals surface area contributed by atoms with Gasteiger partial charge in [-0.3, -0.25) is 4.79 Å². The van der Waals surface area contributed by atoms with Gasteiger partial charge in [-0.2, -0.15) is 0 Å². The molecule has 2 rings (SSSR count). The standard InChI is InChI=1S/C14H24BrNO2/c1-14(8-5-11-18-14)13(17)16(10-9-15)12-6-3-2-4-7-12/h12H,2-11H2,1H3. The van der Waals surface area contributed by atoms with Crippen LogP contribution in [0.1, 0.15) is 51.9 Å². The zero-order chi connectivity index (χ0) is 13.0. The van der Waals surface area contributed by atoms with Crippen LogP contribution in [0.2, 0.25) is 0 Å². The Kier molecular flexibility index (Phi) is 5.07. The van der Waals surface area contributed by atoms with E-state index in [2.05, 4.69) is 20.8 Å². The smallest absolute Gasteiger partial charge is 0.254 e. The van der Waals surface area contributed by atoms with E-state index in [1.54, 1.807) is 0 Å². The van der Waals surface area contributed by atoms with Crippen molar-refractivity contribution < 1.29 is 9.53 Å². The van der Waals surface area contributed by atoms with Crippen molar-refractivity contribution in [3.05, 3.63) is 0 Å². The Balaban J connectivity index is 2.05. The molecule has 0 spiro atoms. The first-order chi connectivity index (χ1) is 8.67. The zero-order valence-electron chi connectivity index (χ0n) is 11.3. The largest absolute Gasteiger partial charge is 0.365 e. The van der Waals surface area contributed by atoms with Crippen molar-refractivity contribution in [1.82, 2.24) is 4.90 Å². The lowest BCUT2D eigenvalue weighted by Gasteiger charge is -2.38. The number of carbonyl (C=O) groups excluding carboxylic acids is 1. The summed E-state index contributed by atoms with van der Waals surface area (Å²) in [5.74, 6) is 0.214. The summed E-state index contributed by atoms with van der Waals surface area (Å²) >= 11 is 3.48. The van der Waals surface area contributed by atoms with E-state index in [1.807, 2.05) is 6.92 Å². The normalized spacial score (nSPS) is 29.4. The summed E-state index contributed by atoms with van der Waals surface area (Å²) in [6.45, 7) is 3.50. The van der Waals surface area contributed by atoms with Crippen molar-refractivity contribution in [2.45, 2.75) is 63.5 Å². The molecule has 4 heteroatoms.